The van der Waals surface area contributed by atoms with Gasteiger partial charge in [-0.1, -0.05) is 0 Å². The topological polar surface area (TPSA) is 149 Å². The molecule has 2 heterocycles. The molecular weight excluding hydrogens is 318 g/mol. The van der Waals surface area contributed by atoms with Gasteiger partial charge in [-0.15, -0.1) is 0 Å². The SMILES string of the molecule is CC1OC(CO)C(OC2OC(CO)C(O)C(O)C2O)C(O)C1[18F]. The Morgan fingerprint density at radius 2 is 1.48 bits per heavy atom. The van der Waals surface area contributed by atoms with Gasteiger partial charge in [0.05, 0.1) is 19.3 Å². The average molecular weight is 341 g/mol. The first kappa shape index (κ1) is 18.9. The predicted molar refractivity (Wildman–Crippen MR) is 71.0 cm³/mol. The zero-order valence-corrected chi connectivity index (χ0v) is 12.5. The monoisotopic (exact) mass is 341 g/mol. The van der Waals surface area contributed by atoms with Crippen LogP contribution in [0.15, 0.2) is 0 Å². The van der Waals surface area contributed by atoms with Gasteiger partial charge in [-0.25, -0.2) is 4.39 Å². The molecule has 136 valence electrons. The predicted octanol–water partition coefficient (Wildman–Crippen LogP) is -3.35. The highest BCUT2D eigenvalue weighted by Crippen LogP contribution is 2.29. The summed E-state index contributed by atoms with van der Waals surface area (Å²) in [6, 6.07) is 0. The lowest BCUT2D eigenvalue weighted by Gasteiger charge is -2.45. The van der Waals surface area contributed by atoms with Crippen molar-refractivity contribution in [3.05, 3.63) is 0 Å². The van der Waals surface area contributed by atoms with Gasteiger partial charge in [-0.2, -0.15) is 0 Å². The molecule has 0 radical (unpaired) electrons. The van der Waals surface area contributed by atoms with Gasteiger partial charge >= 0.3 is 0 Å². The van der Waals surface area contributed by atoms with Gasteiger partial charge < -0.3 is 44.8 Å². The molecular formula is C13H23FO9. The Hall–Kier alpha value is -0.430. The minimum Gasteiger partial charge on any atom is -0.394 e. The van der Waals surface area contributed by atoms with Crippen LogP contribution in [0.25, 0.3) is 0 Å². The van der Waals surface area contributed by atoms with Crippen LogP contribution in [0.2, 0.25) is 0 Å². The molecule has 0 saturated carbocycles. The summed E-state index contributed by atoms with van der Waals surface area (Å²) < 4.78 is 29.5. The number of hydrogen-bond donors (Lipinski definition) is 6. The summed E-state index contributed by atoms with van der Waals surface area (Å²) in [5.74, 6) is 0. The molecule has 6 N–H and O–H groups in total. The number of alkyl halides is 1. The first-order chi connectivity index (χ1) is 10.8. The summed E-state index contributed by atoms with van der Waals surface area (Å²) in [7, 11) is 0. The quantitative estimate of drug-likeness (QED) is 0.308. The maximum absolute atomic E-state index is 13.9. The van der Waals surface area contributed by atoms with Gasteiger partial charge in [-0.3, -0.25) is 0 Å². The number of hydrogen-bond acceptors (Lipinski definition) is 9. The zero-order valence-electron chi connectivity index (χ0n) is 12.5. The summed E-state index contributed by atoms with van der Waals surface area (Å²) >= 11 is 0. The van der Waals surface area contributed by atoms with E-state index in [1.165, 1.54) is 6.92 Å². The van der Waals surface area contributed by atoms with Crippen LogP contribution in [0, 0.1) is 0 Å². The molecule has 10 atom stereocenters. The molecule has 9 nitrogen and oxygen atoms in total. The van der Waals surface area contributed by atoms with Crippen molar-refractivity contribution in [1.29, 1.82) is 0 Å². The van der Waals surface area contributed by atoms with Gasteiger partial charge in [0.25, 0.3) is 0 Å². The molecule has 0 aromatic carbocycles. The second-order valence-electron chi connectivity index (χ2n) is 5.80. The lowest BCUT2D eigenvalue weighted by atomic mass is 9.95. The van der Waals surface area contributed by atoms with E-state index in [-0.39, 0.29) is 0 Å². The van der Waals surface area contributed by atoms with Crippen molar-refractivity contribution in [2.45, 2.75) is 68.2 Å². The molecule has 2 saturated heterocycles. The molecule has 10 heteroatoms. The van der Waals surface area contributed by atoms with E-state index >= 15 is 0 Å². The third-order valence-corrected chi connectivity index (χ3v) is 4.19. The van der Waals surface area contributed by atoms with E-state index in [1.54, 1.807) is 0 Å². The Labute approximate surface area is 131 Å². The van der Waals surface area contributed by atoms with Crippen LogP contribution in [0.1, 0.15) is 6.92 Å². The van der Waals surface area contributed by atoms with E-state index in [1.807, 2.05) is 0 Å². The van der Waals surface area contributed by atoms with Crippen LogP contribution in [0.3, 0.4) is 0 Å². The lowest BCUT2D eigenvalue weighted by molar-refractivity contribution is -0.338. The van der Waals surface area contributed by atoms with Crippen molar-refractivity contribution in [3.8, 4) is 0 Å². The van der Waals surface area contributed by atoms with Crippen molar-refractivity contribution in [2.75, 3.05) is 13.2 Å². The highest BCUT2D eigenvalue weighted by atomic mass is 18.2. The standard InChI is InChI=1S/C13H23FO9/c1-4-7(14)9(18)12(6(3-16)21-4)23-13-11(20)10(19)8(17)5(2-15)22-13/h4-13,15-20H,2-3H2,1H3/i14-1. The first-order valence-corrected chi connectivity index (χ1v) is 7.36. The molecule has 0 aliphatic carbocycles. The van der Waals surface area contributed by atoms with Crippen LogP contribution >= 0.6 is 0 Å². The van der Waals surface area contributed by atoms with Crippen molar-refractivity contribution < 1.29 is 49.2 Å². The third kappa shape index (κ3) is 3.65. The van der Waals surface area contributed by atoms with Gasteiger partial charge in [0.2, 0.25) is 0 Å². The fourth-order valence-corrected chi connectivity index (χ4v) is 2.76. The van der Waals surface area contributed by atoms with Crippen molar-refractivity contribution >= 4 is 0 Å². The van der Waals surface area contributed by atoms with Gasteiger partial charge in [0.1, 0.15) is 42.7 Å². The zero-order chi connectivity index (χ0) is 17.3. The summed E-state index contributed by atoms with van der Waals surface area (Å²) in [5, 5.41) is 57.7. The normalized spacial score (nSPS) is 51.7. The van der Waals surface area contributed by atoms with Crippen LogP contribution < -0.4 is 0 Å². The van der Waals surface area contributed by atoms with E-state index in [0.717, 1.165) is 0 Å². The van der Waals surface area contributed by atoms with Crippen LogP contribution in [0.4, 0.5) is 4.39 Å². The van der Waals surface area contributed by atoms with Crippen molar-refractivity contribution in [2.24, 2.45) is 0 Å². The molecule has 23 heavy (non-hydrogen) atoms. The Kier molecular flexibility index (Phi) is 6.28. The van der Waals surface area contributed by atoms with E-state index in [0.29, 0.717) is 0 Å². The highest BCUT2D eigenvalue weighted by Gasteiger charge is 2.50. The maximum Gasteiger partial charge on any atom is 0.187 e. The summed E-state index contributed by atoms with van der Waals surface area (Å²) in [6.45, 7) is 0.164. The van der Waals surface area contributed by atoms with E-state index in [2.05, 4.69) is 0 Å². The summed E-state index contributed by atoms with van der Waals surface area (Å²) in [5.41, 5.74) is 0. The minimum absolute atomic E-state index is 0.573. The molecule has 2 rings (SSSR count). The second-order valence-corrected chi connectivity index (χ2v) is 5.80. The smallest absolute Gasteiger partial charge is 0.187 e. The molecule has 0 spiro atoms. The third-order valence-electron chi connectivity index (χ3n) is 4.19. The Morgan fingerprint density at radius 3 is 2.04 bits per heavy atom. The van der Waals surface area contributed by atoms with Gasteiger partial charge in [-0.05, 0) is 6.92 Å². The number of rotatable bonds is 4. The molecule has 0 aromatic rings. The molecule has 2 fully saturated rings. The van der Waals surface area contributed by atoms with E-state index in [9.17, 15) is 29.9 Å². The van der Waals surface area contributed by atoms with Gasteiger partial charge in [0.15, 0.2) is 12.5 Å². The first-order valence-electron chi connectivity index (χ1n) is 7.36. The number of halogens is 1. The van der Waals surface area contributed by atoms with Crippen LogP contribution in [-0.2, 0) is 14.2 Å². The fraction of sp³-hybridized carbons (Fsp3) is 1.00. The molecule has 2 aliphatic heterocycles. The van der Waals surface area contributed by atoms with E-state index < -0.39 is 74.5 Å². The molecule has 0 amide bonds. The number of ether oxygens (including phenoxy) is 3. The van der Waals surface area contributed by atoms with Gasteiger partial charge in [0, 0.05) is 0 Å². The van der Waals surface area contributed by atoms with E-state index in [4.69, 9.17) is 19.3 Å². The second kappa shape index (κ2) is 7.64. The fourth-order valence-electron chi connectivity index (χ4n) is 2.76. The largest absolute Gasteiger partial charge is 0.394 e. The molecule has 2 aliphatic rings. The van der Waals surface area contributed by atoms with Crippen LogP contribution in [-0.4, -0.2) is 105 Å². The molecule has 0 aromatic heterocycles. The minimum atomic E-state index is -1.78. The highest BCUT2D eigenvalue weighted by molar-refractivity contribution is 4.94. The summed E-state index contributed by atoms with van der Waals surface area (Å²) in [4.78, 5) is 0. The number of aliphatic hydroxyl groups is 6. The van der Waals surface area contributed by atoms with Crippen molar-refractivity contribution in [3.63, 3.8) is 0 Å². The Balaban J connectivity index is 2.11. The number of aliphatic hydroxyl groups excluding tert-OH is 6. The molecule has 0 bridgehead atoms. The Bertz CT molecular complexity index is 382. The van der Waals surface area contributed by atoms with Crippen molar-refractivity contribution in [1.82, 2.24) is 0 Å². The molecule has 10 unspecified atom stereocenters. The van der Waals surface area contributed by atoms with Crippen LogP contribution in [0.5, 0.6) is 0 Å². The Morgan fingerprint density at radius 1 is 0.870 bits per heavy atom. The lowest BCUT2D eigenvalue weighted by Crippen LogP contribution is -2.63. The maximum atomic E-state index is 13.9. The average Bonchev–Trinajstić information content (AvgIpc) is 2.55. The summed E-state index contributed by atoms with van der Waals surface area (Å²) in [6.07, 6.45) is -14.5.